The maximum atomic E-state index is 11.7. The summed E-state index contributed by atoms with van der Waals surface area (Å²) in [4.78, 5) is 22.7. The van der Waals surface area contributed by atoms with Crippen molar-refractivity contribution >= 4 is 11.8 Å². The van der Waals surface area contributed by atoms with Crippen LogP contribution in [0.1, 0.15) is 33.1 Å². The van der Waals surface area contributed by atoms with E-state index in [2.05, 4.69) is 6.58 Å². The lowest BCUT2D eigenvalue weighted by atomic mass is 9.57. The van der Waals surface area contributed by atoms with Crippen LogP contribution in [0.2, 0.25) is 0 Å². The molecule has 0 aliphatic heterocycles. The second-order valence-electron chi connectivity index (χ2n) is 5.99. The first-order valence-electron chi connectivity index (χ1n) is 6.62. The fourth-order valence-corrected chi connectivity index (χ4v) is 3.40. The second-order valence-corrected chi connectivity index (χ2v) is 5.99. The minimum atomic E-state index is -0.981. The third-order valence-electron chi connectivity index (χ3n) is 5.02. The fraction of sp³-hybridized carbons (Fsp3) is 0.600. The van der Waals surface area contributed by atoms with Gasteiger partial charge in [0, 0.05) is 5.57 Å². The number of carboxylic acids is 1. The maximum absolute atomic E-state index is 11.7. The number of aliphatic carboxylic acids is 1. The number of aliphatic hydroxyl groups is 1. The van der Waals surface area contributed by atoms with Gasteiger partial charge in [0.25, 0.3) is 0 Å². The molecule has 1 saturated carbocycles. The molecular formula is C15H20O4. The average Bonchev–Trinajstić information content (AvgIpc) is 2.36. The molecule has 0 saturated heterocycles. The molecule has 0 amide bonds. The molecule has 1 fully saturated rings. The second kappa shape index (κ2) is 4.60. The van der Waals surface area contributed by atoms with Gasteiger partial charge in [-0.25, -0.2) is 4.79 Å². The number of ketones is 1. The molecule has 2 aliphatic rings. The number of carboxylic acid groups (broad SMARTS) is 1. The van der Waals surface area contributed by atoms with Crippen molar-refractivity contribution in [2.75, 3.05) is 0 Å². The number of fused-ring (bicyclic) bond motifs is 1. The summed E-state index contributed by atoms with van der Waals surface area (Å²) < 4.78 is 0. The van der Waals surface area contributed by atoms with Gasteiger partial charge < -0.3 is 10.2 Å². The molecule has 2 N–H and O–H groups in total. The maximum Gasteiger partial charge on any atom is 0.331 e. The van der Waals surface area contributed by atoms with Crippen molar-refractivity contribution in [2.45, 2.75) is 39.2 Å². The van der Waals surface area contributed by atoms with Gasteiger partial charge >= 0.3 is 5.97 Å². The molecule has 0 bridgehead atoms. The van der Waals surface area contributed by atoms with E-state index in [1.165, 1.54) is 0 Å². The molecular weight excluding hydrogens is 244 g/mol. The van der Waals surface area contributed by atoms with Gasteiger partial charge in [0.05, 0.1) is 0 Å². The fourth-order valence-electron chi connectivity index (χ4n) is 3.40. The molecule has 0 aromatic rings. The Balaban J connectivity index is 2.31. The van der Waals surface area contributed by atoms with Crippen LogP contribution in [0.5, 0.6) is 0 Å². The van der Waals surface area contributed by atoms with Crippen LogP contribution in [0.4, 0.5) is 0 Å². The molecule has 4 atom stereocenters. The Morgan fingerprint density at radius 1 is 1.53 bits per heavy atom. The van der Waals surface area contributed by atoms with Crippen molar-refractivity contribution in [3.8, 4) is 0 Å². The van der Waals surface area contributed by atoms with E-state index in [1.54, 1.807) is 6.08 Å². The summed E-state index contributed by atoms with van der Waals surface area (Å²) >= 11 is 0. The molecule has 2 rings (SSSR count). The van der Waals surface area contributed by atoms with Gasteiger partial charge in [0.2, 0.25) is 0 Å². The molecule has 0 unspecified atom stereocenters. The largest absolute Gasteiger partial charge is 0.478 e. The van der Waals surface area contributed by atoms with Gasteiger partial charge in [0.15, 0.2) is 5.78 Å². The molecule has 0 aromatic heterocycles. The molecule has 104 valence electrons. The quantitative estimate of drug-likeness (QED) is 0.747. The predicted octanol–water partition coefficient (Wildman–Crippen LogP) is 1.94. The van der Waals surface area contributed by atoms with Crippen LogP contribution in [-0.2, 0) is 9.59 Å². The highest BCUT2D eigenvalue weighted by Gasteiger charge is 2.48. The van der Waals surface area contributed by atoms with Crippen molar-refractivity contribution in [2.24, 2.45) is 17.3 Å². The van der Waals surface area contributed by atoms with E-state index in [-0.39, 0.29) is 28.6 Å². The highest BCUT2D eigenvalue weighted by atomic mass is 16.4. The zero-order valence-corrected chi connectivity index (χ0v) is 11.3. The molecule has 4 nitrogen and oxygen atoms in total. The Hall–Kier alpha value is -1.42. The Bertz CT molecular complexity index is 477. The van der Waals surface area contributed by atoms with E-state index in [0.717, 1.165) is 5.57 Å². The van der Waals surface area contributed by atoms with E-state index < -0.39 is 12.1 Å². The lowest BCUT2D eigenvalue weighted by Gasteiger charge is -2.48. The zero-order valence-electron chi connectivity index (χ0n) is 11.3. The van der Waals surface area contributed by atoms with Crippen molar-refractivity contribution in [1.29, 1.82) is 0 Å². The summed E-state index contributed by atoms with van der Waals surface area (Å²) in [6, 6.07) is 0. The van der Waals surface area contributed by atoms with E-state index >= 15 is 0 Å². The summed E-state index contributed by atoms with van der Waals surface area (Å²) in [5, 5.41) is 19.0. The molecule has 0 radical (unpaired) electrons. The molecule has 0 aromatic carbocycles. The average molecular weight is 264 g/mol. The Labute approximate surface area is 112 Å². The summed E-state index contributed by atoms with van der Waals surface area (Å²) in [6.07, 6.45) is 2.63. The SMILES string of the molecule is C=C(C(=O)O)[C@@H]1CCC2=CC(=O)[C@@H](O)[C@H](C)[C@@]2(C)C1. The van der Waals surface area contributed by atoms with Gasteiger partial charge in [-0.1, -0.05) is 26.0 Å². The lowest BCUT2D eigenvalue weighted by molar-refractivity contribution is -0.134. The van der Waals surface area contributed by atoms with Crippen LogP contribution < -0.4 is 0 Å². The van der Waals surface area contributed by atoms with E-state index in [0.29, 0.717) is 19.3 Å². The minimum absolute atomic E-state index is 0.0810. The van der Waals surface area contributed by atoms with Crippen molar-refractivity contribution in [1.82, 2.24) is 0 Å². The number of hydrogen-bond acceptors (Lipinski definition) is 3. The predicted molar refractivity (Wildman–Crippen MR) is 70.5 cm³/mol. The summed E-state index contributed by atoms with van der Waals surface area (Å²) in [5.74, 6) is -1.46. The lowest BCUT2D eigenvalue weighted by Crippen LogP contribution is -2.46. The number of aliphatic hydroxyl groups excluding tert-OH is 1. The monoisotopic (exact) mass is 264 g/mol. The third-order valence-corrected chi connectivity index (χ3v) is 5.02. The van der Waals surface area contributed by atoms with E-state index in [1.807, 2.05) is 13.8 Å². The summed E-state index contributed by atoms with van der Waals surface area (Å²) in [5.41, 5.74) is 0.970. The van der Waals surface area contributed by atoms with Crippen LogP contribution >= 0.6 is 0 Å². The molecule has 0 heterocycles. The first-order valence-corrected chi connectivity index (χ1v) is 6.62. The minimum Gasteiger partial charge on any atom is -0.478 e. The topological polar surface area (TPSA) is 74.6 Å². The smallest absolute Gasteiger partial charge is 0.331 e. The van der Waals surface area contributed by atoms with Crippen LogP contribution in [0.15, 0.2) is 23.8 Å². The van der Waals surface area contributed by atoms with Crippen LogP contribution in [-0.4, -0.2) is 28.1 Å². The normalized spacial score (nSPS) is 38.4. The van der Waals surface area contributed by atoms with Crippen molar-refractivity contribution in [3.05, 3.63) is 23.8 Å². The standard InChI is InChI=1S/C15H20O4/c1-8(14(18)19)10-4-5-11-6-12(16)13(17)9(2)15(11,3)7-10/h6,9-10,13,17H,1,4-5,7H2,2-3H3,(H,18,19)/t9-,10+,13-,15+/m0/s1. The number of rotatable bonds is 2. The van der Waals surface area contributed by atoms with Crippen molar-refractivity contribution in [3.63, 3.8) is 0 Å². The van der Waals surface area contributed by atoms with Crippen LogP contribution in [0, 0.1) is 17.3 Å². The van der Waals surface area contributed by atoms with Gasteiger partial charge in [0.1, 0.15) is 6.10 Å². The highest BCUT2D eigenvalue weighted by Crippen LogP contribution is 2.52. The van der Waals surface area contributed by atoms with Gasteiger partial charge in [-0.15, -0.1) is 0 Å². The number of hydrogen-bond donors (Lipinski definition) is 2. The Kier molecular flexibility index (Phi) is 3.39. The molecule has 2 aliphatic carbocycles. The van der Waals surface area contributed by atoms with E-state index in [9.17, 15) is 14.7 Å². The third kappa shape index (κ3) is 2.14. The van der Waals surface area contributed by atoms with Crippen LogP contribution in [0.3, 0.4) is 0 Å². The summed E-state index contributed by atoms with van der Waals surface area (Å²) in [6.45, 7) is 7.53. The number of allylic oxidation sites excluding steroid dienone is 1. The molecule has 19 heavy (non-hydrogen) atoms. The van der Waals surface area contributed by atoms with Gasteiger partial charge in [-0.3, -0.25) is 4.79 Å². The number of carbonyl (C=O) groups is 2. The number of carbonyl (C=O) groups excluding carboxylic acids is 1. The highest BCUT2D eigenvalue weighted by molar-refractivity contribution is 5.95. The first-order chi connectivity index (χ1) is 8.77. The molecule has 4 heteroatoms. The molecule has 0 spiro atoms. The Morgan fingerprint density at radius 2 is 2.16 bits per heavy atom. The van der Waals surface area contributed by atoms with E-state index in [4.69, 9.17) is 5.11 Å². The van der Waals surface area contributed by atoms with Crippen LogP contribution in [0.25, 0.3) is 0 Å². The summed E-state index contributed by atoms with van der Waals surface area (Å²) in [7, 11) is 0. The van der Waals surface area contributed by atoms with Gasteiger partial charge in [-0.05, 0) is 42.6 Å². The first kappa shape index (κ1) is 14.0. The Morgan fingerprint density at radius 3 is 2.74 bits per heavy atom. The zero-order chi connectivity index (χ0) is 14.4. The van der Waals surface area contributed by atoms with Crippen molar-refractivity contribution < 1.29 is 19.8 Å². The van der Waals surface area contributed by atoms with Gasteiger partial charge in [-0.2, -0.15) is 0 Å².